The second-order valence-corrected chi connectivity index (χ2v) is 18.0. The van der Waals surface area contributed by atoms with E-state index in [9.17, 15) is 47.6 Å². The molecule has 10 nitrogen and oxygen atoms in total. The molecule has 0 aromatic heterocycles. The largest absolute Gasteiger partial charge is 0.396 e. The molecule has 4 aromatic carbocycles. The first-order chi connectivity index (χ1) is 27.6. The van der Waals surface area contributed by atoms with E-state index in [1.54, 1.807) is 30.0 Å². The van der Waals surface area contributed by atoms with Gasteiger partial charge in [0, 0.05) is 59.0 Å². The van der Waals surface area contributed by atoms with Crippen LogP contribution < -0.4 is 0 Å². The molecule has 0 heterocycles. The molecule has 15 heteroatoms. The van der Waals surface area contributed by atoms with E-state index in [2.05, 4.69) is 13.8 Å². The Labute approximate surface area is 368 Å². The van der Waals surface area contributed by atoms with E-state index in [-0.39, 0.29) is 82.4 Å². The highest BCUT2D eigenvalue weighted by Crippen LogP contribution is 2.38. The number of benzene rings is 4. The number of sulfone groups is 1. The van der Waals surface area contributed by atoms with Crippen LogP contribution in [0.5, 0.6) is 0 Å². The lowest BCUT2D eigenvalue weighted by molar-refractivity contribution is -0.385. The van der Waals surface area contributed by atoms with Gasteiger partial charge in [-0.3, -0.25) is 20.2 Å². The third-order valence-electron chi connectivity index (χ3n) is 10.7. The summed E-state index contributed by atoms with van der Waals surface area (Å²) in [5.74, 6) is -0.377. The van der Waals surface area contributed by atoms with Crippen molar-refractivity contribution < 1.29 is 37.3 Å². The number of aliphatic hydroxyl groups is 2. The molecule has 0 amide bonds. The van der Waals surface area contributed by atoms with Crippen molar-refractivity contribution in [3.8, 4) is 0 Å². The summed E-state index contributed by atoms with van der Waals surface area (Å²) < 4.78 is 54.4. The van der Waals surface area contributed by atoms with Gasteiger partial charge in [-0.05, 0) is 97.2 Å². The van der Waals surface area contributed by atoms with E-state index >= 15 is 0 Å². The smallest absolute Gasteiger partial charge is 0.269 e. The van der Waals surface area contributed by atoms with Gasteiger partial charge in [-0.15, -0.1) is 35.7 Å². The number of nitro benzene ring substituents is 2. The first-order valence-corrected chi connectivity index (χ1v) is 22.3. The zero-order valence-electron chi connectivity index (χ0n) is 34.2. The zero-order valence-corrected chi connectivity index (χ0v) is 38.2. The highest BCUT2D eigenvalue weighted by molar-refractivity contribution is 14.0. The van der Waals surface area contributed by atoms with Crippen molar-refractivity contribution in [2.75, 3.05) is 24.7 Å². The molecule has 0 unspecified atom stereocenters. The summed E-state index contributed by atoms with van der Waals surface area (Å²) in [6, 6.07) is 20.5. The van der Waals surface area contributed by atoms with E-state index in [0.29, 0.717) is 24.8 Å². The van der Waals surface area contributed by atoms with Gasteiger partial charge in [0.2, 0.25) is 0 Å². The molecule has 0 saturated heterocycles. The number of thioether (sulfide) groups is 1. The summed E-state index contributed by atoms with van der Waals surface area (Å²) in [5.41, 5.74) is 1.37. The fourth-order valence-corrected chi connectivity index (χ4v) is 10.4. The normalized spacial score (nSPS) is 13.3. The number of hydrogen-bond donors (Lipinski definition) is 2. The number of unbranched alkanes of at least 4 members (excludes halogenated alkanes) is 2. The number of nitrogens with zero attached hydrogens (tertiary/aromatic N) is 2. The van der Waals surface area contributed by atoms with Gasteiger partial charge in [-0.2, -0.15) is 0 Å². The van der Waals surface area contributed by atoms with E-state index in [0.717, 1.165) is 72.4 Å². The molecule has 0 aliphatic carbocycles. The average molecular weight is 971 g/mol. The first kappa shape index (κ1) is 51.6. The van der Waals surface area contributed by atoms with E-state index in [1.807, 2.05) is 19.9 Å². The quantitative estimate of drug-likeness (QED) is 0.0257. The van der Waals surface area contributed by atoms with Crippen LogP contribution in [0.25, 0.3) is 0 Å². The molecule has 0 aliphatic rings. The predicted molar refractivity (Wildman–Crippen MR) is 241 cm³/mol. The van der Waals surface area contributed by atoms with Crippen LogP contribution in [-0.2, 0) is 22.7 Å². The summed E-state index contributed by atoms with van der Waals surface area (Å²) in [7, 11) is -3.83. The van der Waals surface area contributed by atoms with Gasteiger partial charge in [0.15, 0.2) is 9.84 Å². The maximum Gasteiger partial charge on any atom is 0.269 e. The number of aliphatic hydroxyl groups excluding tert-OH is 2. The minimum absolute atomic E-state index is 0. The van der Waals surface area contributed by atoms with E-state index in [4.69, 9.17) is 0 Å². The van der Waals surface area contributed by atoms with Crippen LogP contribution in [0, 0.1) is 42.7 Å². The topological polar surface area (TPSA) is 161 Å². The fraction of sp³-hybridized carbons (Fsp3) is 0.455. The van der Waals surface area contributed by atoms with Crippen LogP contribution in [0.3, 0.4) is 0 Å². The molecular formula is C44H57F2IN2O8S2. The molecule has 0 bridgehead atoms. The minimum Gasteiger partial charge on any atom is -0.396 e. The SMILES string of the molecule is CCCC[C@](CC)(CO)CS(=O)(=O)c1ccc(F)cc1Cc1cccc([N+](=O)[O-])c1.CCCC[C@](CC)(CO)CSc1ccc(F)cc1Cc1cccc([N+](=O)[O-])c1.I. The summed E-state index contributed by atoms with van der Waals surface area (Å²) >= 11 is 1.63. The molecule has 0 saturated carbocycles. The first-order valence-electron chi connectivity index (χ1n) is 19.7. The monoisotopic (exact) mass is 970 g/mol. The molecule has 0 radical (unpaired) electrons. The van der Waals surface area contributed by atoms with Gasteiger partial charge >= 0.3 is 0 Å². The van der Waals surface area contributed by atoms with Crippen LogP contribution in [0.1, 0.15) is 101 Å². The second-order valence-electron chi connectivity index (χ2n) is 15.0. The van der Waals surface area contributed by atoms with Crippen LogP contribution in [0.4, 0.5) is 20.2 Å². The Morgan fingerprint density at radius 3 is 1.63 bits per heavy atom. The Balaban J connectivity index is 0.000000401. The van der Waals surface area contributed by atoms with Crippen molar-refractivity contribution in [1.82, 2.24) is 0 Å². The highest BCUT2D eigenvalue weighted by Gasteiger charge is 2.35. The zero-order chi connectivity index (χ0) is 42.9. The lowest BCUT2D eigenvalue weighted by Crippen LogP contribution is -2.34. The highest BCUT2D eigenvalue weighted by atomic mass is 127. The molecule has 324 valence electrons. The molecule has 2 atom stereocenters. The van der Waals surface area contributed by atoms with Crippen molar-refractivity contribution >= 4 is 57.0 Å². The van der Waals surface area contributed by atoms with Gasteiger partial charge in [0.25, 0.3) is 11.4 Å². The molecule has 0 aliphatic heterocycles. The molecule has 2 N–H and O–H groups in total. The predicted octanol–water partition coefficient (Wildman–Crippen LogP) is 11.3. The summed E-state index contributed by atoms with van der Waals surface area (Å²) in [6.07, 6.45) is 7.24. The van der Waals surface area contributed by atoms with Crippen molar-refractivity contribution in [2.24, 2.45) is 10.8 Å². The van der Waals surface area contributed by atoms with E-state index < -0.39 is 30.9 Å². The third-order valence-corrected chi connectivity index (χ3v) is 14.3. The standard InChI is InChI=1S/C22H28FNO5S.C22H28FNO3S.HI/c1-3-5-11-22(4-2,15-25)16-30(28,29)21-10-9-19(23)14-18(21)12-17-7-6-8-20(13-17)24(26)27;1-3-5-11-22(4-2,15-25)16-28-21-10-9-19(23)14-18(21)12-17-7-6-8-20(13-17)24(26)27;/h6-10,13-14,25H,3-5,11-12,15-16H2,1-2H3;6-10,13-14,25H,3-5,11-12,15-16H2,1-2H3;1H/t2*22-;/m11./s1. The summed E-state index contributed by atoms with van der Waals surface area (Å²) in [6.45, 7) is 7.99. The van der Waals surface area contributed by atoms with Gasteiger partial charge in [0.1, 0.15) is 11.6 Å². The Kier molecular flexibility index (Phi) is 21.6. The van der Waals surface area contributed by atoms with Crippen LogP contribution in [0.2, 0.25) is 0 Å². The Bertz CT molecular complexity index is 2080. The van der Waals surface area contributed by atoms with Crippen molar-refractivity contribution in [2.45, 2.75) is 102 Å². The number of rotatable bonds is 22. The fourth-order valence-electron chi connectivity index (χ4n) is 6.81. The molecule has 0 fully saturated rings. The lowest BCUT2D eigenvalue weighted by Gasteiger charge is -2.30. The minimum atomic E-state index is -3.83. The molecule has 0 spiro atoms. The van der Waals surface area contributed by atoms with Gasteiger partial charge in [0.05, 0.1) is 20.5 Å². The van der Waals surface area contributed by atoms with Crippen molar-refractivity contribution in [1.29, 1.82) is 0 Å². The Morgan fingerprint density at radius 2 is 1.15 bits per heavy atom. The van der Waals surface area contributed by atoms with Crippen molar-refractivity contribution in [3.63, 3.8) is 0 Å². The summed E-state index contributed by atoms with van der Waals surface area (Å²) in [4.78, 5) is 22.0. The molecule has 4 aromatic rings. The average Bonchev–Trinajstić information content (AvgIpc) is 3.20. The van der Waals surface area contributed by atoms with Crippen LogP contribution in [-0.4, -0.2) is 53.2 Å². The number of nitro groups is 2. The molecule has 59 heavy (non-hydrogen) atoms. The van der Waals surface area contributed by atoms with Gasteiger partial charge in [-0.25, -0.2) is 17.2 Å². The van der Waals surface area contributed by atoms with Crippen LogP contribution >= 0.6 is 35.7 Å². The second kappa shape index (κ2) is 24.7. The maximum absolute atomic E-state index is 13.9. The maximum atomic E-state index is 13.9. The Morgan fingerprint density at radius 1 is 0.678 bits per heavy atom. The number of non-ortho nitro benzene ring substituents is 2. The summed E-state index contributed by atoms with van der Waals surface area (Å²) in [5, 5.41) is 42.0. The number of halogens is 3. The lowest BCUT2D eigenvalue weighted by atomic mass is 9.83. The Hall–Kier alpha value is -3.51. The van der Waals surface area contributed by atoms with Gasteiger partial charge < -0.3 is 10.2 Å². The number of hydrogen-bond acceptors (Lipinski definition) is 9. The van der Waals surface area contributed by atoms with Crippen LogP contribution in [0.15, 0.2) is 94.7 Å². The molecular weight excluding hydrogens is 914 g/mol. The van der Waals surface area contributed by atoms with E-state index in [1.165, 1.54) is 48.5 Å². The van der Waals surface area contributed by atoms with Crippen molar-refractivity contribution in [3.05, 3.63) is 139 Å². The third kappa shape index (κ3) is 15.5. The molecule has 4 rings (SSSR count). The van der Waals surface area contributed by atoms with Gasteiger partial charge in [-0.1, -0.05) is 77.6 Å².